The van der Waals surface area contributed by atoms with Gasteiger partial charge in [-0.15, -0.1) is 0 Å². The van der Waals surface area contributed by atoms with Gasteiger partial charge in [0.1, 0.15) is 11.6 Å². The Morgan fingerprint density at radius 1 is 1.10 bits per heavy atom. The number of pyridine rings is 2. The summed E-state index contributed by atoms with van der Waals surface area (Å²) in [6.45, 7) is 2.40. The zero-order chi connectivity index (χ0) is 21.6. The number of rotatable bonds is 5. The van der Waals surface area contributed by atoms with Gasteiger partial charge >= 0.3 is 0 Å². The largest absolute Gasteiger partial charge is 0.453 e. The van der Waals surface area contributed by atoms with Gasteiger partial charge in [0.25, 0.3) is 0 Å². The Kier molecular flexibility index (Phi) is 6.43. The number of benzene rings is 1. The number of halogens is 2. The van der Waals surface area contributed by atoms with Crippen molar-refractivity contribution in [2.75, 3.05) is 31.1 Å². The van der Waals surface area contributed by atoms with Gasteiger partial charge in [0.15, 0.2) is 11.6 Å². The van der Waals surface area contributed by atoms with E-state index in [0.29, 0.717) is 42.5 Å². The highest BCUT2D eigenvalue weighted by molar-refractivity contribution is 6.32. The number of piperazine rings is 1. The van der Waals surface area contributed by atoms with E-state index in [0.717, 1.165) is 5.82 Å². The monoisotopic (exact) mass is 438 g/mol. The Balaban J connectivity index is 1.34. The van der Waals surface area contributed by atoms with Crippen molar-refractivity contribution < 1.29 is 13.9 Å². The number of hydrogen-bond acceptors (Lipinski definition) is 5. The van der Waals surface area contributed by atoms with E-state index in [1.54, 1.807) is 53.7 Å². The lowest BCUT2D eigenvalue weighted by Crippen LogP contribution is -2.48. The molecule has 0 radical (unpaired) electrons. The molecule has 4 rings (SSSR count). The van der Waals surface area contributed by atoms with E-state index in [1.165, 1.54) is 24.4 Å². The minimum absolute atomic E-state index is 0.0979. The lowest BCUT2D eigenvalue weighted by atomic mass is 10.2. The van der Waals surface area contributed by atoms with E-state index in [2.05, 4.69) is 14.9 Å². The standard InChI is InChI=1S/C23H20ClFN4O2/c24-19-4-2-10-27-23(19)29-13-11-28(12-14-29)22(30)8-6-17-5-7-21(20(25)15-17)31-18-3-1-9-26-16-18/h1-10,15-16H,11-14H2/b8-6+. The fraction of sp³-hybridized carbons (Fsp3) is 0.174. The summed E-state index contributed by atoms with van der Waals surface area (Å²) in [7, 11) is 0. The summed E-state index contributed by atoms with van der Waals surface area (Å²) in [6.07, 6.45) is 7.88. The molecule has 1 fully saturated rings. The molecule has 0 atom stereocenters. The summed E-state index contributed by atoms with van der Waals surface area (Å²) in [5.74, 6) is 0.643. The third-order valence-electron chi connectivity index (χ3n) is 4.87. The van der Waals surface area contributed by atoms with Crippen molar-refractivity contribution in [3.05, 3.63) is 83.5 Å². The molecule has 1 amide bonds. The number of ether oxygens (including phenoxy) is 1. The van der Waals surface area contributed by atoms with E-state index in [9.17, 15) is 9.18 Å². The molecule has 1 aliphatic rings. The molecule has 31 heavy (non-hydrogen) atoms. The van der Waals surface area contributed by atoms with Crippen molar-refractivity contribution in [3.8, 4) is 11.5 Å². The number of anilines is 1. The predicted octanol–water partition coefficient (Wildman–Crippen LogP) is 4.42. The summed E-state index contributed by atoms with van der Waals surface area (Å²) < 4.78 is 19.8. The molecule has 158 valence electrons. The SMILES string of the molecule is O=C(/C=C/c1ccc(Oc2cccnc2)c(F)c1)N1CCN(c2ncccc2Cl)CC1. The average molecular weight is 439 g/mol. The van der Waals surface area contributed by atoms with Crippen LogP contribution >= 0.6 is 11.6 Å². The Hall–Kier alpha value is -3.45. The maximum Gasteiger partial charge on any atom is 0.246 e. The minimum atomic E-state index is -0.515. The molecule has 0 spiro atoms. The van der Waals surface area contributed by atoms with Crippen molar-refractivity contribution in [1.82, 2.24) is 14.9 Å². The van der Waals surface area contributed by atoms with E-state index in [-0.39, 0.29) is 11.7 Å². The number of carbonyl (C=O) groups is 1. The van der Waals surface area contributed by atoms with Gasteiger partial charge in [-0.1, -0.05) is 17.7 Å². The Labute approximate surface area is 184 Å². The topological polar surface area (TPSA) is 58.6 Å². The molecule has 1 saturated heterocycles. The molecule has 1 aromatic carbocycles. The van der Waals surface area contributed by atoms with Crippen LogP contribution in [0.2, 0.25) is 5.02 Å². The molecule has 8 heteroatoms. The highest BCUT2D eigenvalue weighted by atomic mass is 35.5. The highest BCUT2D eigenvalue weighted by Gasteiger charge is 2.21. The fourth-order valence-electron chi connectivity index (χ4n) is 3.26. The van der Waals surface area contributed by atoms with Gasteiger partial charge in [-0.25, -0.2) is 9.37 Å². The molecule has 0 aliphatic carbocycles. The molecule has 3 aromatic rings. The Bertz CT molecular complexity index is 1090. The number of amides is 1. The number of nitrogens with zero attached hydrogens (tertiary/aromatic N) is 4. The molecular weight excluding hydrogens is 419 g/mol. The zero-order valence-electron chi connectivity index (χ0n) is 16.6. The zero-order valence-corrected chi connectivity index (χ0v) is 17.4. The van der Waals surface area contributed by atoms with Crippen LogP contribution in [0.3, 0.4) is 0 Å². The van der Waals surface area contributed by atoms with E-state index < -0.39 is 5.82 Å². The van der Waals surface area contributed by atoms with Crippen LogP contribution in [0.15, 0.2) is 67.1 Å². The van der Waals surface area contributed by atoms with E-state index >= 15 is 0 Å². The van der Waals surface area contributed by atoms with Crippen molar-refractivity contribution in [2.24, 2.45) is 0 Å². The van der Waals surface area contributed by atoms with Crippen LogP contribution in [0.25, 0.3) is 6.08 Å². The first kappa shape index (κ1) is 20.8. The van der Waals surface area contributed by atoms with Crippen LogP contribution in [-0.4, -0.2) is 47.0 Å². The molecule has 0 saturated carbocycles. The minimum Gasteiger partial charge on any atom is -0.453 e. The summed E-state index contributed by atoms with van der Waals surface area (Å²) in [6, 6.07) is 11.5. The summed E-state index contributed by atoms with van der Waals surface area (Å²) in [4.78, 5) is 24.6. The third kappa shape index (κ3) is 5.19. The molecule has 2 aromatic heterocycles. The van der Waals surface area contributed by atoms with Crippen molar-refractivity contribution in [3.63, 3.8) is 0 Å². The summed E-state index contributed by atoms with van der Waals surface area (Å²) in [5.41, 5.74) is 0.572. The second-order valence-corrected chi connectivity index (χ2v) is 7.34. The van der Waals surface area contributed by atoms with Gasteiger partial charge in [0.05, 0.1) is 11.2 Å². The smallest absolute Gasteiger partial charge is 0.246 e. The third-order valence-corrected chi connectivity index (χ3v) is 5.16. The molecule has 0 N–H and O–H groups in total. The van der Waals surface area contributed by atoms with Crippen LogP contribution < -0.4 is 9.64 Å². The van der Waals surface area contributed by atoms with Crippen LogP contribution in [0.5, 0.6) is 11.5 Å². The first-order valence-corrected chi connectivity index (χ1v) is 10.2. The molecule has 0 unspecified atom stereocenters. The van der Waals surface area contributed by atoms with Gasteiger partial charge in [0, 0.05) is 44.6 Å². The van der Waals surface area contributed by atoms with Crippen LogP contribution in [0.4, 0.5) is 10.2 Å². The highest BCUT2D eigenvalue weighted by Crippen LogP contribution is 2.25. The Morgan fingerprint density at radius 3 is 2.61 bits per heavy atom. The second-order valence-electron chi connectivity index (χ2n) is 6.94. The van der Waals surface area contributed by atoms with Crippen LogP contribution in [-0.2, 0) is 4.79 Å². The quantitative estimate of drug-likeness (QED) is 0.552. The predicted molar refractivity (Wildman–Crippen MR) is 118 cm³/mol. The lowest BCUT2D eigenvalue weighted by Gasteiger charge is -2.35. The molecular formula is C23H20ClFN4O2. The normalized spacial score (nSPS) is 14.1. The van der Waals surface area contributed by atoms with Gasteiger partial charge in [0.2, 0.25) is 5.91 Å². The maximum absolute atomic E-state index is 14.4. The fourth-order valence-corrected chi connectivity index (χ4v) is 3.50. The van der Waals surface area contributed by atoms with Crippen molar-refractivity contribution in [1.29, 1.82) is 0 Å². The van der Waals surface area contributed by atoms with Crippen molar-refractivity contribution in [2.45, 2.75) is 0 Å². The maximum atomic E-state index is 14.4. The Morgan fingerprint density at radius 2 is 1.90 bits per heavy atom. The van der Waals surface area contributed by atoms with Gasteiger partial charge in [-0.3, -0.25) is 9.78 Å². The van der Waals surface area contributed by atoms with Crippen LogP contribution in [0.1, 0.15) is 5.56 Å². The summed E-state index contributed by atoms with van der Waals surface area (Å²) in [5, 5.41) is 0.597. The van der Waals surface area contributed by atoms with Crippen LogP contribution in [0, 0.1) is 5.82 Å². The van der Waals surface area contributed by atoms with E-state index in [1.807, 2.05) is 0 Å². The number of carbonyl (C=O) groups excluding carboxylic acids is 1. The average Bonchev–Trinajstić information content (AvgIpc) is 2.80. The first-order chi connectivity index (χ1) is 15.1. The first-order valence-electron chi connectivity index (χ1n) is 9.80. The van der Waals surface area contributed by atoms with E-state index in [4.69, 9.17) is 16.3 Å². The second kappa shape index (κ2) is 9.57. The molecule has 1 aliphatic heterocycles. The van der Waals surface area contributed by atoms with Gasteiger partial charge in [-0.2, -0.15) is 0 Å². The van der Waals surface area contributed by atoms with Gasteiger partial charge in [-0.05, 0) is 48.0 Å². The number of hydrogen-bond donors (Lipinski definition) is 0. The molecule has 3 heterocycles. The summed E-state index contributed by atoms with van der Waals surface area (Å²) >= 11 is 6.20. The van der Waals surface area contributed by atoms with Gasteiger partial charge < -0.3 is 14.5 Å². The van der Waals surface area contributed by atoms with Crippen molar-refractivity contribution >= 4 is 29.4 Å². The lowest BCUT2D eigenvalue weighted by molar-refractivity contribution is -0.126. The molecule has 6 nitrogen and oxygen atoms in total. The molecule has 0 bridgehead atoms. The number of aromatic nitrogens is 2.